The largest absolute Gasteiger partial charge is 0.433 e. The summed E-state index contributed by atoms with van der Waals surface area (Å²) in [4.78, 5) is 3.51. The fraction of sp³-hybridized carbons (Fsp3) is 0.182. The first kappa shape index (κ1) is 15.0. The number of pyridine rings is 1. The fourth-order valence-corrected chi connectivity index (χ4v) is 2.29. The Kier molecular flexibility index (Phi) is 3.82. The van der Waals surface area contributed by atoms with Crippen molar-refractivity contribution in [2.45, 2.75) is 9.97 Å². The first-order valence-electron chi connectivity index (χ1n) is 4.84. The van der Waals surface area contributed by atoms with Gasteiger partial charge in [-0.15, -0.1) is 0 Å². The average Bonchev–Trinajstić information content (AvgIpc) is 2.25. The molecule has 0 spiro atoms. The van der Waals surface area contributed by atoms with Gasteiger partial charge >= 0.3 is 6.18 Å². The Bertz CT molecular complexity index is 634. The molecule has 2 aromatic rings. The maximum atomic E-state index is 12.7. The quantitative estimate of drug-likeness (QED) is 0.554. The van der Waals surface area contributed by atoms with Crippen LogP contribution in [0, 0.1) is 0 Å². The number of alkyl halides is 6. The predicted molar refractivity (Wildman–Crippen MR) is 71.0 cm³/mol. The van der Waals surface area contributed by atoms with E-state index in [0.29, 0.717) is 5.39 Å². The van der Waals surface area contributed by atoms with E-state index in [1.807, 2.05) is 0 Å². The van der Waals surface area contributed by atoms with Gasteiger partial charge in [0.25, 0.3) is 0 Å². The zero-order chi connectivity index (χ0) is 14.4. The molecular weight excluding hydrogens is 345 g/mol. The molecule has 0 aliphatic carbocycles. The lowest BCUT2D eigenvalue weighted by molar-refractivity contribution is -0.140. The summed E-state index contributed by atoms with van der Waals surface area (Å²) < 4.78 is 36.2. The van der Waals surface area contributed by atoms with Gasteiger partial charge in [-0.2, -0.15) is 13.2 Å². The van der Waals surface area contributed by atoms with Gasteiger partial charge in [0.1, 0.15) is 5.69 Å². The normalized spacial score (nSPS) is 13.0. The highest BCUT2D eigenvalue weighted by molar-refractivity contribution is 6.67. The van der Waals surface area contributed by atoms with Crippen LogP contribution in [-0.4, -0.2) is 4.98 Å². The molecular formula is C11H4Cl4F3N. The third-order valence-corrected chi connectivity index (χ3v) is 3.31. The van der Waals surface area contributed by atoms with Crippen LogP contribution in [0.15, 0.2) is 24.3 Å². The van der Waals surface area contributed by atoms with Gasteiger partial charge < -0.3 is 0 Å². The molecule has 19 heavy (non-hydrogen) atoms. The fourth-order valence-electron chi connectivity index (χ4n) is 1.58. The van der Waals surface area contributed by atoms with Crippen LogP contribution in [0.25, 0.3) is 10.9 Å². The SMILES string of the molecule is FC(F)(F)c1cc(Cl)c2cccc(C(Cl)(Cl)Cl)c2n1. The molecule has 0 saturated heterocycles. The van der Waals surface area contributed by atoms with Crippen LogP contribution in [-0.2, 0) is 9.97 Å². The molecule has 0 amide bonds. The Balaban J connectivity index is 2.84. The summed E-state index contributed by atoms with van der Waals surface area (Å²) in [5.41, 5.74) is -1.17. The third kappa shape index (κ3) is 3.02. The third-order valence-electron chi connectivity index (χ3n) is 2.38. The molecule has 1 aromatic heterocycles. The second-order valence-electron chi connectivity index (χ2n) is 3.69. The molecule has 0 fully saturated rings. The molecule has 1 heterocycles. The summed E-state index contributed by atoms with van der Waals surface area (Å²) in [6.07, 6.45) is -4.63. The zero-order valence-corrected chi connectivity index (χ0v) is 11.9. The molecule has 0 aliphatic rings. The summed E-state index contributed by atoms with van der Waals surface area (Å²) in [6.45, 7) is 0. The van der Waals surface area contributed by atoms with Gasteiger partial charge in [-0.25, -0.2) is 4.98 Å². The van der Waals surface area contributed by atoms with E-state index >= 15 is 0 Å². The van der Waals surface area contributed by atoms with Crippen LogP contribution in [0.3, 0.4) is 0 Å². The van der Waals surface area contributed by atoms with Crippen LogP contribution in [0.5, 0.6) is 0 Å². The van der Waals surface area contributed by atoms with Gasteiger partial charge in [0, 0.05) is 10.9 Å². The van der Waals surface area contributed by atoms with Crippen molar-refractivity contribution in [3.05, 3.63) is 40.5 Å². The monoisotopic (exact) mass is 347 g/mol. The van der Waals surface area contributed by atoms with E-state index < -0.39 is 15.7 Å². The van der Waals surface area contributed by atoms with Gasteiger partial charge in [0.15, 0.2) is 0 Å². The number of halogens is 7. The smallest absolute Gasteiger partial charge is 0.243 e. The van der Waals surface area contributed by atoms with E-state index in [-0.39, 0.29) is 16.1 Å². The lowest BCUT2D eigenvalue weighted by Crippen LogP contribution is -2.10. The van der Waals surface area contributed by atoms with Crippen molar-refractivity contribution < 1.29 is 13.2 Å². The first-order chi connectivity index (χ1) is 8.60. The van der Waals surface area contributed by atoms with Crippen molar-refractivity contribution >= 4 is 57.3 Å². The van der Waals surface area contributed by atoms with Gasteiger partial charge in [-0.05, 0) is 6.07 Å². The molecule has 102 valence electrons. The van der Waals surface area contributed by atoms with E-state index in [2.05, 4.69) is 4.98 Å². The Hall–Kier alpha value is -0.420. The predicted octanol–water partition coefficient (Wildman–Crippen LogP) is 5.73. The van der Waals surface area contributed by atoms with Crippen LogP contribution in [0.4, 0.5) is 13.2 Å². The second-order valence-corrected chi connectivity index (χ2v) is 6.38. The number of hydrogen-bond donors (Lipinski definition) is 0. The van der Waals surface area contributed by atoms with Gasteiger partial charge in [0.05, 0.1) is 10.5 Å². The Labute approximate surface area is 126 Å². The summed E-state index contributed by atoms with van der Waals surface area (Å²) in [5, 5.41) is 0.187. The average molecular weight is 349 g/mol. The number of nitrogens with zero attached hydrogens (tertiary/aromatic N) is 1. The summed E-state index contributed by atoms with van der Waals surface area (Å²) >= 11 is 23.0. The second kappa shape index (κ2) is 4.85. The van der Waals surface area contributed by atoms with Crippen LogP contribution < -0.4 is 0 Å². The van der Waals surface area contributed by atoms with E-state index in [1.165, 1.54) is 18.2 Å². The van der Waals surface area contributed by atoms with Crippen molar-refractivity contribution in [3.8, 4) is 0 Å². The Morgan fingerprint density at radius 1 is 1.05 bits per heavy atom. The van der Waals surface area contributed by atoms with E-state index in [0.717, 1.165) is 6.07 Å². The Morgan fingerprint density at radius 2 is 1.68 bits per heavy atom. The van der Waals surface area contributed by atoms with Crippen molar-refractivity contribution in [1.82, 2.24) is 4.98 Å². The summed E-state index contributed by atoms with van der Waals surface area (Å²) in [5.74, 6) is 0. The van der Waals surface area contributed by atoms with Crippen molar-refractivity contribution in [2.75, 3.05) is 0 Å². The molecule has 0 bridgehead atoms. The minimum absolute atomic E-state index is 0.0444. The van der Waals surface area contributed by atoms with Gasteiger partial charge in [-0.3, -0.25) is 0 Å². The number of rotatable bonds is 0. The van der Waals surface area contributed by atoms with Crippen molar-refractivity contribution in [2.24, 2.45) is 0 Å². The maximum Gasteiger partial charge on any atom is 0.433 e. The van der Waals surface area contributed by atoms with Gasteiger partial charge in [0.2, 0.25) is 3.79 Å². The summed E-state index contributed by atoms with van der Waals surface area (Å²) in [6, 6.07) is 5.16. The van der Waals surface area contributed by atoms with Crippen LogP contribution in [0.1, 0.15) is 11.3 Å². The molecule has 0 atom stereocenters. The minimum Gasteiger partial charge on any atom is -0.243 e. The highest BCUT2D eigenvalue weighted by atomic mass is 35.6. The minimum atomic E-state index is -4.63. The Morgan fingerprint density at radius 3 is 2.21 bits per heavy atom. The molecule has 0 saturated carbocycles. The molecule has 8 heteroatoms. The number of fused-ring (bicyclic) bond motifs is 1. The van der Waals surface area contributed by atoms with Crippen LogP contribution in [0.2, 0.25) is 5.02 Å². The number of para-hydroxylation sites is 1. The summed E-state index contributed by atoms with van der Waals surface area (Å²) in [7, 11) is 0. The molecule has 0 aliphatic heterocycles. The molecule has 0 N–H and O–H groups in total. The van der Waals surface area contributed by atoms with E-state index in [1.54, 1.807) is 0 Å². The number of aromatic nitrogens is 1. The topological polar surface area (TPSA) is 12.9 Å². The lowest BCUT2D eigenvalue weighted by Gasteiger charge is -2.15. The molecule has 0 radical (unpaired) electrons. The highest BCUT2D eigenvalue weighted by Gasteiger charge is 2.34. The van der Waals surface area contributed by atoms with Crippen LogP contribution >= 0.6 is 46.4 Å². The first-order valence-corrected chi connectivity index (χ1v) is 6.35. The van der Waals surface area contributed by atoms with E-state index in [4.69, 9.17) is 46.4 Å². The van der Waals surface area contributed by atoms with Gasteiger partial charge in [-0.1, -0.05) is 64.6 Å². The maximum absolute atomic E-state index is 12.7. The molecule has 0 unspecified atom stereocenters. The number of benzene rings is 1. The molecule has 1 aromatic carbocycles. The standard InChI is InChI=1S/C11H4Cl4F3N/c12-7-4-8(11(16,17)18)19-9-5(7)2-1-3-6(9)10(13,14)15/h1-4H. The zero-order valence-electron chi connectivity index (χ0n) is 8.90. The van der Waals surface area contributed by atoms with Crippen molar-refractivity contribution in [3.63, 3.8) is 0 Å². The lowest BCUT2D eigenvalue weighted by atomic mass is 10.1. The highest BCUT2D eigenvalue weighted by Crippen LogP contribution is 2.43. The van der Waals surface area contributed by atoms with E-state index in [9.17, 15) is 13.2 Å². The number of hydrogen-bond acceptors (Lipinski definition) is 1. The van der Waals surface area contributed by atoms with Crippen molar-refractivity contribution in [1.29, 1.82) is 0 Å². The molecule has 2 rings (SSSR count). The molecule has 1 nitrogen and oxygen atoms in total.